The first-order chi connectivity index (χ1) is 8.93. The van der Waals surface area contributed by atoms with Crippen LogP contribution >= 0.6 is 11.6 Å². The van der Waals surface area contributed by atoms with Crippen LogP contribution in [0.15, 0.2) is 34.0 Å². The Bertz CT molecular complexity index is 662. The Balaban J connectivity index is 2.19. The van der Waals surface area contributed by atoms with Crippen LogP contribution in [0.5, 0.6) is 0 Å². The third-order valence-corrected chi connectivity index (χ3v) is 4.54. The van der Waals surface area contributed by atoms with E-state index < -0.39 is 10.0 Å². The molecule has 19 heavy (non-hydrogen) atoms. The van der Waals surface area contributed by atoms with Gasteiger partial charge in [0.05, 0.1) is 12.1 Å². The molecule has 2 rings (SSSR count). The van der Waals surface area contributed by atoms with Crippen molar-refractivity contribution < 1.29 is 12.8 Å². The Morgan fingerprint density at radius 3 is 2.74 bits per heavy atom. The first kappa shape index (κ1) is 14.1. The van der Waals surface area contributed by atoms with Gasteiger partial charge in [0.1, 0.15) is 5.76 Å². The standard InChI is InChI=1S/C11H14ClN3O3S/c1-14-7-9(6-13-14)8-15(2)19(16,17)11-4-3-10(5-12)18-11/h3-4,6-7H,5,8H2,1-2H3. The van der Waals surface area contributed by atoms with E-state index >= 15 is 0 Å². The second-order valence-electron chi connectivity index (χ2n) is 4.14. The van der Waals surface area contributed by atoms with Gasteiger partial charge in [0.25, 0.3) is 10.0 Å². The van der Waals surface area contributed by atoms with Crippen LogP contribution in [0.1, 0.15) is 11.3 Å². The quantitative estimate of drug-likeness (QED) is 0.786. The van der Waals surface area contributed by atoms with Gasteiger partial charge < -0.3 is 4.42 Å². The number of nitrogens with zero attached hydrogens (tertiary/aromatic N) is 3. The molecule has 0 saturated carbocycles. The number of hydrogen-bond acceptors (Lipinski definition) is 4. The van der Waals surface area contributed by atoms with Crippen molar-refractivity contribution in [2.24, 2.45) is 7.05 Å². The first-order valence-electron chi connectivity index (χ1n) is 5.52. The SMILES string of the molecule is CN(Cc1cnn(C)c1)S(=O)(=O)c1ccc(CCl)o1. The highest BCUT2D eigenvalue weighted by atomic mass is 35.5. The number of hydrogen-bond donors (Lipinski definition) is 0. The summed E-state index contributed by atoms with van der Waals surface area (Å²) in [4.78, 5) is 0. The topological polar surface area (TPSA) is 68.3 Å². The predicted octanol–water partition coefficient (Wildman–Crippen LogP) is 1.57. The molecular formula is C11H14ClN3O3S. The maximum atomic E-state index is 12.2. The van der Waals surface area contributed by atoms with Crippen molar-refractivity contribution in [3.05, 3.63) is 35.9 Å². The number of furan rings is 1. The lowest BCUT2D eigenvalue weighted by Crippen LogP contribution is -2.26. The van der Waals surface area contributed by atoms with Gasteiger partial charge in [-0.3, -0.25) is 4.68 Å². The highest BCUT2D eigenvalue weighted by Gasteiger charge is 2.24. The molecule has 6 nitrogen and oxygen atoms in total. The Labute approximate surface area is 116 Å². The minimum atomic E-state index is -3.65. The van der Waals surface area contributed by atoms with Gasteiger partial charge in [-0.15, -0.1) is 11.6 Å². The molecule has 0 aliphatic carbocycles. The fraction of sp³-hybridized carbons (Fsp3) is 0.364. The van der Waals surface area contributed by atoms with Gasteiger partial charge >= 0.3 is 0 Å². The molecule has 0 N–H and O–H groups in total. The van der Waals surface area contributed by atoms with Gasteiger partial charge in [-0.25, -0.2) is 8.42 Å². The molecule has 2 aromatic heterocycles. The summed E-state index contributed by atoms with van der Waals surface area (Å²) < 4.78 is 32.5. The summed E-state index contributed by atoms with van der Waals surface area (Å²) in [6, 6.07) is 2.96. The van der Waals surface area contributed by atoms with Crippen molar-refractivity contribution in [2.45, 2.75) is 17.5 Å². The van der Waals surface area contributed by atoms with Gasteiger partial charge in [0.15, 0.2) is 0 Å². The zero-order chi connectivity index (χ0) is 14.0. The van der Waals surface area contributed by atoms with Crippen LogP contribution < -0.4 is 0 Å². The molecule has 0 aliphatic heterocycles. The molecule has 0 amide bonds. The monoisotopic (exact) mass is 303 g/mol. The Morgan fingerprint density at radius 1 is 1.47 bits per heavy atom. The van der Waals surface area contributed by atoms with Crippen molar-refractivity contribution in [2.75, 3.05) is 7.05 Å². The molecule has 0 unspecified atom stereocenters. The molecule has 8 heteroatoms. The van der Waals surface area contributed by atoms with Gasteiger partial charge in [-0.05, 0) is 12.1 Å². The summed E-state index contributed by atoms with van der Waals surface area (Å²) in [6.45, 7) is 0.229. The molecule has 0 aliphatic rings. The molecule has 104 valence electrons. The Morgan fingerprint density at radius 2 is 2.21 bits per heavy atom. The number of aromatic nitrogens is 2. The van der Waals surface area contributed by atoms with Crippen LogP contribution in [-0.4, -0.2) is 29.6 Å². The first-order valence-corrected chi connectivity index (χ1v) is 7.49. The van der Waals surface area contributed by atoms with Crippen LogP contribution in [0.3, 0.4) is 0 Å². The predicted molar refractivity (Wildman–Crippen MR) is 70.1 cm³/mol. The van der Waals surface area contributed by atoms with Gasteiger partial charge in [0.2, 0.25) is 5.09 Å². The van der Waals surface area contributed by atoms with E-state index in [0.717, 1.165) is 5.56 Å². The van der Waals surface area contributed by atoms with Crippen molar-refractivity contribution in [3.63, 3.8) is 0 Å². The summed E-state index contributed by atoms with van der Waals surface area (Å²) in [5.41, 5.74) is 0.803. The normalized spacial score (nSPS) is 12.2. The number of sulfonamides is 1. The summed E-state index contributed by atoms with van der Waals surface area (Å²) >= 11 is 5.59. The highest BCUT2D eigenvalue weighted by molar-refractivity contribution is 7.88. The average Bonchev–Trinajstić information content (AvgIpc) is 2.98. The zero-order valence-electron chi connectivity index (χ0n) is 10.6. The van der Waals surface area contributed by atoms with Gasteiger partial charge in [0, 0.05) is 32.4 Å². The van der Waals surface area contributed by atoms with E-state index in [1.54, 1.807) is 30.2 Å². The second kappa shape index (κ2) is 5.36. The maximum Gasteiger partial charge on any atom is 0.276 e. The fourth-order valence-corrected chi connectivity index (χ4v) is 2.84. The Kier molecular flexibility index (Phi) is 3.98. The van der Waals surface area contributed by atoms with Crippen molar-refractivity contribution >= 4 is 21.6 Å². The highest BCUT2D eigenvalue weighted by Crippen LogP contribution is 2.20. The fourth-order valence-electron chi connectivity index (χ4n) is 1.62. The largest absolute Gasteiger partial charge is 0.447 e. The lowest BCUT2D eigenvalue weighted by Gasteiger charge is -2.14. The minimum absolute atomic E-state index is 0.102. The van der Waals surface area contributed by atoms with Gasteiger partial charge in [-0.1, -0.05) is 0 Å². The molecular weight excluding hydrogens is 290 g/mol. The third-order valence-electron chi connectivity index (χ3n) is 2.60. The third kappa shape index (κ3) is 2.99. The van der Waals surface area contributed by atoms with E-state index in [1.165, 1.54) is 17.4 Å². The lowest BCUT2D eigenvalue weighted by molar-refractivity contribution is 0.393. The smallest absolute Gasteiger partial charge is 0.276 e. The van der Waals surface area contributed by atoms with E-state index in [2.05, 4.69) is 5.10 Å². The second-order valence-corrected chi connectivity index (χ2v) is 6.38. The number of rotatable bonds is 5. The minimum Gasteiger partial charge on any atom is -0.447 e. The average molecular weight is 304 g/mol. The number of alkyl halides is 1. The Hall–Kier alpha value is -1.31. The van der Waals surface area contributed by atoms with E-state index in [-0.39, 0.29) is 17.5 Å². The van der Waals surface area contributed by atoms with Crippen LogP contribution in [0.2, 0.25) is 0 Å². The van der Waals surface area contributed by atoms with Crippen LogP contribution in [0.25, 0.3) is 0 Å². The van der Waals surface area contributed by atoms with Gasteiger partial charge in [-0.2, -0.15) is 9.40 Å². The molecule has 0 aromatic carbocycles. The van der Waals surface area contributed by atoms with E-state index in [4.69, 9.17) is 16.0 Å². The van der Waals surface area contributed by atoms with E-state index in [1.807, 2.05) is 0 Å². The molecule has 0 bridgehead atoms. The lowest BCUT2D eigenvalue weighted by atomic mass is 10.4. The van der Waals surface area contributed by atoms with E-state index in [0.29, 0.717) is 5.76 Å². The summed E-state index contributed by atoms with van der Waals surface area (Å²) in [7, 11) is -0.380. The zero-order valence-corrected chi connectivity index (χ0v) is 12.1. The van der Waals surface area contributed by atoms with Crippen molar-refractivity contribution in [1.29, 1.82) is 0 Å². The summed E-state index contributed by atoms with van der Waals surface area (Å²) in [5.74, 6) is 0.567. The molecule has 0 spiro atoms. The number of aryl methyl sites for hydroxylation is 1. The number of halogens is 1. The van der Waals surface area contributed by atoms with Crippen LogP contribution in [-0.2, 0) is 29.5 Å². The molecule has 2 aromatic rings. The molecule has 0 radical (unpaired) electrons. The molecule has 0 fully saturated rings. The van der Waals surface area contributed by atoms with Crippen LogP contribution in [0, 0.1) is 0 Å². The molecule has 2 heterocycles. The summed E-state index contributed by atoms with van der Waals surface area (Å²) in [5, 5.41) is 3.89. The van der Waals surface area contributed by atoms with Crippen molar-refractivity contribution in [3.8, 4) is 0 Å². The van der Waals surface area contributed by atoms with Crippen LogP contribution in [0.4, 0.5) is 0 Å². The summed E-state index contributed by atoms with van der Waals surface area (Å²) in [6.07, 6.45) is 3.39. The molecule has 0 atom stereocenters. The molecule has 0 saturated heterocycles. The maximum absolute atomic E-state index is 12.2. The van der Waals surface area contributed by atoms with Crippen molar-refractivity contribution in [1.82, 2.24) is 14.1 Å². The van der Waals surface area contributed by atoms with E-state index in [9.17, 15) is 8.42 Å².